The number of hydrogen-bond donors (Lipinski definition) is 1. The van der Waals surface area contributed by atoms with Gasteiger partial charge in [-0.25, -0.2) is 4.39 Å². The molecule has 0 aliphatic carbocycles. The van der Waals surface area contributed by atoms with E-state index in [2.05, 4.69) is 24.4 Å². The highest BCUT2D eigenvalue weighted by atomic mass is 32.1. The Morgan fingerprint density at radius 1 is 1.19 bits per heavy atom. The van der Waals surface area contributed by atoms with Crippen LogP contribution in [0.2, 0.25) is 0 Å². The van der Waals surface area contributed by atoms with Crippen molar-refractivity contribution in [1.29, 1.82) is 0 Å². The van der Waals surface area contributed by atoms with E-state index in [-0.39, 0.29) is 11.9 Å². The number of benzene rings is 1. The zero-order chi connectivity index (χ0) is 15.2. The molecular weight excluding hydrogens is 285 g/mol. The van der Waals surface area contributed by atoms with Crippen molar-refractivity contribution in [2.24, 2.45) is 0 Å². The molecule has 1 atom stereocenters. The van der Waals surface area contributed by atoms with E-state index in [0.717, 1.165) is 19.4 Å². The first kappa shape index (κ1) is 16.0. The highest BCUT2D eigenvalue weighted by Crippen LogP contribution is 2.31. The number of rotatable bonds is 7. The van der Waals surface area contributed by atoms with Gasteiger partial charge in [0.05, 0.1) is 7.11 Å². The topological polar surface area (TPSA) is 21.3 Å². The van der Waals surface area contributed by atoms with Crippen molar-refractivity contribution >= 4 is 11.3 Å². The van der Waals surface area contributed by atoms with Crippen LogP contribution >= 0.6 is 11.3 Å². The average molecular weight is 307 g/mol. The first-order valence-electron chi connectivity index (χ1n) is 7.32. The average Bonchev–Trinajstić information content (AvgIpc) is 2.94. The summed E-state index contributed by atoms with van der Waals surface area (Å²) in [5.74, 6) is 0.390. The van der Waals surface area contributed by atoms with Crippen molar-refractivity contribution in [3.8, 4) is 5.75 Å². The van der Waals surface area contributed by atoms with Crippen LogP contribution in [0.15, 0.2) is 30.3 Å². The predicted octanol–water partition coefficient (Wildman–Crippen LogP) is 4.35. The number of halogens is 1. The third-order valence-electron chi connectivity index (χ3n) is 3.50. The Hall–Kier alpha value is -1.39. The first-order valence-corrected chi connectivity index (χ1v) is 8.14. The van der Waals surface area contributed by atoms with Crippen LogP contribution in [0.5, 0.6) is 5.75 Å². The van der Waals surface area contributed by atoms with Crippen LogP contribution < -0.4 is 10.1 Å². The minimum atomic E-state index is -0.215. The van der Waals surface area contributed by atoms with Crippen molar-refractivity contribution in [2.45, 2.75) is 32.7 Å². The van der Waals surface area contributed by atoms with E-state index < -0.39 is 0 Å². The smallest absolute Gasteiger partial charge is 0.131 e. The maximum Gasteiger partial charge on any atom is 0.131 e. The fraction of sp³-hybridized carbons (Fsp3) is 0.412. The molecule has 0 fully saturated rings. The second-order valence-corrected chi connectivity index (χ2v) is 6.14. The Kier molecular flexibility index (Phi) is 5.76. The molecule has 0 saturated carbocycles. The third kappa shape index (κ3) is 3.83. The summed E-state index contributed by atoms with van der Waals surface area (Å²) in [6.07, 6.45) is 1.81. The molecule has 0 radical (unpaired) electrons. The van der Waals surface area contributed by atoms with Gasteiger partial charge in [0.15, 0.2) is 0 Å². The van der Waals surface area contributed by atoms with Gasteiger partial charge in [-0.2, -0.15) is 0 Å². The molecule has 0 saturated heterocycles. The summed E-state index contributed by atoms with van der Waals surface area (Å²) in [5, 5.41) is 3.38. The van der Waals surface area contributed by atoms with Gasteiger partial charge in [0, 0.05) is 27.8 Å². The molecule has 2 rings (SSSR count). The van der Waals surface area contributed by atoms with Crippen LogP contribution in [0, 0.1) is 5.82 Å². The van der Waals surface area contributed by atoms with E-state index in [9.17, 15) is 4.39 Å². The maximum atomic E-state index is 14.3. The maximum absolute atomic E-state index is 14.3. The standard InChI is InChI=1S/C17H22FNOS/c1-4-12-9-10-13(21-12)11-15(19-5-2)17-14(18)7-6-8-16(17)20-3/h6-10,15,19H,4-5,11H2,1-3H3. The quantitative estimate of drug-likeness (QED) is 0.821. The van der Waals surface area contributed by atoms with E-state index >= 15 is 0 Å². The normalized spacial score (nSPS) is 12.4. The lowest BCUT2D eigenvalue weighted by Gasteiger charge is -2.21. The van der Waals surface area contributed by atoms with Crippen molar-refractivity contribution in [3.63, 3.8) is 0 Å². The molecule has 1 aromatic carbocycles. The molecule has 1 unspecified atom stereocenters. The number of hydrogen-bond acceptors (Lipinski definition) is 3. The second-order valence-electron chi connectivity index (χ2n) is 4.89. The van der Waals surface area contributed by atoms with Gasteiger partial charge in [-0.3, -0.25) is 0 Å². The summed E-state index contributed by atoms with van der Waals surface area (Å²) in [7, 11) is 1.58. The van der Waals surface area contributed by atoms with Gasteiger partial charge in [-0.1, -0.05) is 19.9 Å². The first-order chi connectivity index (χ1) is 10.2. The molecule has 0 aliphatic heterocycles. The van der Waals surface area contributed by atoms with Crippen LogP contribution in [0.3, 0.4) is 0 Å². The summed E-state index contributed by atoms with van der Waals surface area (Å²) in [5.41, 5.74) is 0.619. The fourth-order valence-corrected chi connectivity index (χ4v) is 3.48. The van der Waals surface area contributed by atoms with Gasteiger partial charge < -0.3 is 10.1 Å². The third-order valence-corrected chi connectivity index (χ3v) is 4.75. The minimum absolute atomic E-state index is 0.0745. The van der Waals surface area contributed by atoms with Gasteiger partial charge in [0.25, 0.3) is 0 Å². The molecule has 1 aromatic heterocycles. The SMILES string of the molecule is CCNC(Cc1ccc(CC)s1)c1c(F)cccc1OC. The molecule has 0 amide bonds. The molecule has 0 bridgehead atoms. The zero-order valence-electron chi connectivity index (χ0n) is 12.8. The van der Waals surface area contributed by atoms with E-state index in [0.29, 0.717) is 11.3 Å². The van der Waals surface area contributed by atoms with Gasteiger partial charge in [-0.05, 0) is 37.2 Å². The van der Waals surface area contributed by atoms with E-state index in [1.807, 2.05) is 13.0 Å². The summed E-state index contributed by atoms with van der Waals surface area (Å²) >= 11 is 1.80. The number of methoxy groups -OCH3 is 1. The molecule has 1 heterocycles. The monoisotopic (exact) mass is 307 g/mol. The van der Waals surface area contributed by atoms with Crippen molar-refractivity contribution in [2.75, 3.05) is 13.7 Å². The fourth-order valence-electron chi connectivity index (χ4n) is 2.48. The molecule has 2 nitrogen and oxygen atoms in total. The Morgan fingerprint density at radius 2 is 1.95 bits per heavy atom. The van der Waals surface area contributed by atoms with Crippen LogP contribution in [0.25, 0.3) is 0 Å². The molecule has 1 N–H and O–H groups in total. The summed E-state index contributed by atoms with van der Waals surface area (Å²) in [6, 6.07) is 9.21. The lowest BCUT2D eigenvalue weighted by Crippen LogP contribution is -2.24. The van der Waals surface area contributed by atoms with E-state index in [1.54, 1.807) is 24.5 Å². The van der Waals surface area contributed by atoms with Gasteiger partial charge in [-0.15, -0.1) is 11.3 Å². The Balaban J connectivity index is 2.30. The lowest BCUT2D eigenvalue weighted by atomic mass is 10.0. The highest BCUT2D eigenvalue weighted by molar-refractivity contribution is 7.11. The van der Waals surface area contributed by atoms with Gasteiger partial charge in [0.1, 0.15) is 11.6 Å². The summed E-state index contributed by atoms with van der Waals surface area (Å²) in [6.45, 7) is 4.97. The number of ether oxygens (including phenoxy) is 1. The highest BCUT2D eigenvalue weighted by Gasteiger charge is 2.20. The molecule has 21 heavy (non-hydrogen) atoms. The summed E-state index contributed by atoms with van der Waals surface area (Å²) < 4.78 is 19.6. The molecule has 0 spiro atoms. The molecule has 2 aromatic rings. The minimum Gasteiger partial charge on any atom is -0.496 e. The Morgan fingerprint density at radius 3 is 2.57 bits per heavy atom. The van der Waals surface area contributed by atoms with E-state index in [4.69, 9.17) is 4.74 Å². The lowest BCUT2D eigenvalue weighted by molar-refractivity contribution is 0.391. The molecule has 114 valence electrons. The number of nitrogens with one attached hydrogen (secondary N) is 1. The largest absolute Gasteiger partial charge is 0.496 e. The van der Waals surface area contributed by atoms with Crippen LogP contribution in [0.4, 0.5) is 4.39 Å². The van der Waals surface area contributed by atoms with Crippen LogP contribution in [-0.2, 0) is 12.8 Å². The predicted molar refractivity (Wildman–Crippen MR) is 86.8 cm³/mol. The van der Waals surface area contributed by atoms with Gasteiger partial charge >= 0.3 is 0 Å². The van der Waals surface area contributed by atoms with Gasteiger partial charge in [0.2, 0.25) is 0 Å². The Bertz CT molecular complexity index is 582. The number of aryl methyl sites for hydroxylation is 1. The zero-order valence-corrected chi connectivity index (χ0v) is 13.6. The number of thiophene rings is 1. The molecule has 0 aliphatic rings. The Labute approximate surface area is 130 Å². The van der Waals surface area contributed by atoms with Crippen molar-refractivity contribution < 1.29 is 9.13 Å². The molecule has 4 heteroatoms. The molecular formula is C17H22FNOS. The van der Waals surface area contributed by atoms with Crippen molar-refractivity contribution in [1.82, 2.24) is 5.32 Å². The van der Waals surface area contributed by atoms with Crippen LogP contribution in [0.1, 0.15) is 35.2 Å². The second kappa shape index (κ2) is 7.57. The van der Waals surface area contributed by atoms with Crippen LogP contribution in [-0.4, -0.2) is 13.7 Å². The number of likely N-dealkylation sites (N-methyl/N-ethyl adjacent to an activating group) is 1. The van der Waals surface area contributed by atoms with E-state index in [1.165, 1.54) is 15.8 Å². The summed E-state index contributed by atoms with van der Waals surface area (Å²) in [4.78, 5) is 2.63. The van der Waals surface area contributed by atoms with Crippen molar-refractivity contribution in [3.05, 3.63) is 51.5 Å².